The zero-order chi connectivity index (χ0) is 20.5. The van der Waals surface area contributed by atoms with E-state index in [0.29, 0.717) is 12.0 Å². The van der Waals surface area contributed by atoms with Crippen LogP contribution < -0.4 is 0 Å². The molecule has 0 spiro atoms. The third kappa shape index (κ3) is 34.8. The van der Waals surface area contributed by atoms with Gasteiger partial charge in [-0.05, 0) is 6.42 Å². The first-order chi connectivity index (χ1) is 12.0. The SMILES string of the molecule is CCCCCCCCCCCCCC(=O)CC[N+](C)(C)C.CS(=O)(=O)[O-]. The van der Waals surface area contributed by atoms with Crippen molar-refractivity contribution in [2.75, 3.05) is 33.9 Å². The number of hydrogen-bond acceptors (Lipinski definition) is 4. The predicted molar refractivity (Wildman–Crippen MR) is 109 cm³/mol. The molecule has 6 heteroatoms. The lowest BCUT2D eigenvalue weighted by molar-refractivity contribution is -0.869. The number of rotatable bonds is 15. The van der Waals surface area contributed by atoms with Gasteiger partial charge in [0.05, 0.1) is 44.2 Å². The summed E-state index contributed by atoms with van der Waals surface area (Å²) in [6.45, 7) is 3.24. The second-order valence-corrected chi connectivity index (χ2v) is 9.70. The van der Waals surface area contributed by atoms with E-state index in [4.69, 9.17) is 13.0 Å². The molecular formula is C20H43NO4S. The number of nitrogens with zero attached hydrogens (tertiary/aromatic N) is 1. The zero-order valence-electron chi connectivity index (χ0n) is 17.9. The topological polar surface area (TPSA) is 74.3 Å². The molecule has 0 saturated carbocycles. The van der Waals surface area contributed by atoms with Crippen molar-refractivity contribution in [3.05, 3.63) is 0 Å². The normalized spacial score (nSPS) is 11.8. The van der Waals surface area contributed by atoms with Crippen LogP contribution in [0.25, 0.3) is 0 Å². The van der Waals surface area contributed by atoms with Crippen molar-refractivity contribution < 1.29 is 22.2 Å². The Balaban J connectivity index is 0. The molecule has 0 rings (SSSR count). The average Bonchev–Trinajstić information content (AvgIpc) is 2.48. The van der Waals surface area contributed by atoms with Gasteiger partial charge in [0.15, 0.2) is 0 Å². The summed E-state index contributed by atoms with van der Waals surface area (Å²) >= 11 is 0. The number of unbranched alkanes of at least 4 members (excludes halogenated alkanes) is 10. The minimum absolute atomic E-state index is 0.457. The van der Waals surface area contributed by atoms with Crippen molar-refractivity contribution in [1.82, 2.24) is 0 Å². The maximum Gasteiger partial charge on any atom is 0.138 e. The minimum Gasteiger partial charge on any atom is -0.748 e. The van der Waals surface area contributed by atoms with Gasteiger partial charge in [-0.25, -0.2) is 8.42 Å². The number of Topliss-reactive ketones (excluding diaryl/α,β-unsaturated/α-hetero) is 1. The third-order valence-electron chi connectivity index (χ3n) is 4.12. The molecule has 0 aliphatic carbocycles. The molecule has 0 atom stereocenters. The van der Waals surface area contributed by atoms with Crippen molar-refractivity contribution in [2.24, 2.45) is 0 Å². The lowest BCUT2D eigenvalue weighted by Gasteiger charge is -2.23. The first-order valence-corrected chi connectivity index (χ1v) is 12.0. The summed E-state index contributed by atoms with van der Waals surface area (Å²) in [4.78, 5) is 11.7. The van der Waals surface area contributed by atoms with Gasteiger partial charge in [0.1, 0.15) is 5.78 Å². The molecule has 0 saturated heterocycles. The Labute approximate surface area is 162 Å². The number of carbonyl (C=O) groups is 1. The van der Waals surface area contributed by atoms with Crippen LogP contribution in [-0.2, 0) is 14.9 Å². The molecule has 158 valence electrons. The summed E-state index contributed by atoms with van der Waals surface area (Å²) in [6, 6.07) is 0. The van der Waals surface area contributed by atoms with Crippen molar-refractivity contribution in [2.45, 2.75) is 90.4 Å². The molecule has 0 unspecified atom stereocenters. The van der Waals surface area contributed by atoms with Crippen LogP contribution in [0, 0.1) is 0 Å². The van der Waals surface area contributed by atoms with Gasteiger partial charge < -0.3 is 9.04 Å². The second kappa shape index (κ2) is 16.7. The van der Waals surface area contributed by atoms with Crippen LogP contribution in [0.15, 0.2) is 0 Å². The highest BCUT2D eigenvalue weighted by Gasteiger charge is 2.10. The van der Waals surface area contributed by atoms with E-state index >= 15 is 0 Å². The standard InChI is InChI=1S/C19H40NO.CH4O3S/c1-5-6-7-8-9-10-11-12-13-14-15-16-19(21)17-18-20(2,3)4;1-5(2,3)4/h5-18H2,1-4H3;1H3,(H,2,3,4)/q+1;/p-1. The quantitative estimate of drug-likeness (QED) is 0.233. The summed E-state index contributed by atoms with van der Waals surface area (Å²) in [7, 11) is 2.53. The Morgan fingerprint density at radius 3 is 1.46 bits per heavy atom. The average molecular weight is 394 g/mol. The fourth-order valence-corrected chi connectivity index (χ4v) is 2.57. The fraction of sp³-hybridized carbons (Fsp3) is 0.950. The molecule has 0 radical (unpaired) electrons. The molecule has 0 bridgehead atoms. The predicted octanol–water partition coefficient (Wildman–Crippen LogP) is 4.51. The number of quaternary nitrogens is 1. The number of carbonyl (C=O) groups excluding carboxylic acids is 1. The van der Waals surface area contributed by atoms with E-state index in [9.17, 15) is 4.79 Å². The summed E-state index contributed by atoms with van der Waals surface area (Å²) in [5, 5.41) is 0. The molecule has 0 heterocycles. The van der Waals surface area contributed by atoms with Crippen LogP contribution >= 0.6 is 0 Å². The van der Waals surface area contributed by atoms with Gasteiger partial charge in [0.2, 0.25) is 0 Å². The van der Waals surface area contributed by atoms with E-state index in [2.05, 4.69) is 28.1 Å². The molecule has 0 aliphatic rings. The van der Waals surface area contributed by atoms with Crippen LogP contribution in [0.5, 0.6) is 0 Å². The van der Waals surface area contributed by atoms with Gasteiger partial charge in [-0.1, -0.05) is 71.1 Å². The van der Waals surface area contributed by atoms with Gasteiger partial charge >= 0.3 is 0 Å². The first-order valence-electron chi connectivity index (χ1n) is 10.2. The van der Waals surface area contributed by atoms with E-state index in [1.54, 1.807) is 0 Å². The highest BCUT2D eigenvalue weighted by molar-refractivity contribution is 7.84. The Morgan fingerprint density at radius 1 is 0.769 bits per heavy atom. The van der Waals surface area contributed by atoms with Crippen molar-refractivity contribution in [1.29, 1.82) is 0 Å². The maximum atomic E-state index is 11.7. The van der Waals surface area contributed by atoms with Gasteiger partial charge in [0, 0.05) is 12.7 Å². The monoisotopic (exact) mass is 393 g/mol. The van der Waals surface area contributed by atoms with Crippen molar-refractivity contribution >= 4 is 15.9 Å². The summed E-state index contributed by atoms with van der Waals surface area (Å²) in [5.74, 6) is 0.457. The van der Waals surface area contributed by atoms with Gasteiger partial charge in [-0.15, -0.1) is 0 Å². The Bertz CT molecular complexity index is 420. The number of hydrogen-bond donors (Lipinski definition) is 0. The lowest BCUT2D eigenvalue weighted by Crippen LogP contribution is -2.36. The van der Waals surface area contributed by atoms with E-state index in [1.807, 2.05) is 0 Å². The lowest BCUT2D eigenvalue weighted by atomic mass is 10.0. The molecule has 0 amide bonds. The summed E-state index contributed by atoms with van der Waals surface area (Å²) in [5.41, 5.74) is 0. The van der Waals surface area contributed by atoms with E-state index < -0.39 is 10.1 Å². The molecule has 26 heavy (non-hydrogen) atoms. The number of ketones is 1. The molecule has 0 aromatic heterocycles. The smallest absolute Gasteiger partial charge is 0.138 e. The van der Waals surface area contributed by atoms with Crippen LogP contribution in [-0.4, -0.2) is 57.2 Å². The van der Waals surface area contributed by atoms with E-state index in [0.717, 1.165) is 30.3 Å². The fourth-order valence-electron chi connectivity index (χ4n) is 2.57. The molecule has 0 fully saturated rings. The highest BCUT2D eigenvalue weighted by Crippen LogP contribution is 2.12. The third-order valence-corrected chi connectivity index (χ3v) is 4.12. The van der Waals surface area contributed by atoms with Crippen LogP contribution in [0.3, 0.4) is 0 Å². The molecule has 5 nitrogen and oxygen atoms in total. The van der Waals surface area contributed by atoms with Crippen LogP contribution in [0.1, 0.15) is 90.4 Å². The zero-order valence-corrected chi connectivity index (χ0v) is 18.7. The van der Waals surface area contributed by atoms with E-state index in [-0.39, 0.29) is 0 Å². The molecular weight excluding hydrogens is 350 g/mol. The van der Waals surface area contributed by atoms with Gasteiger partial charge in [-0.2, -0.15) is 0 Å². The van der Waals surface area contributed by atoms with Crippen molar-refractivity contribution in [3.63, 3.8) is 0 Å². The second-order valence-electron chi connectivity index (χ2n) is 8.29. The Morgan fingerprint density at radius 2 is 1.12 bits per heavy atom. The van der Waals surface area contributed by atoms with Gasteiger partial charge in [-0.3, -0.25) is 4.79 Å². The van der Waals surface area contributed by atoms with Crippen LogP contribution in [0.2, 0.25) is 0 Å². The largest absolute Gasteiger partial charge is 0.748 e. The molecule has 0 aromatic carbocycles. The first kappa shape index (κ1) is 27.8. The summed E-state index contributed by atoms with van der Waals surface area (Å²) < 4.78 is 28.1. The summed E-state index contributed by atoms with van der Waals surface area (Å²) in [6.07, 6.45) is 17.0. The van der Waals surface area contributed by atoms with Crippen LogP contribution in [0.4, 0.5) is 0 Å². The van der Waals surface area contributed by atoms with Gasteiger partial charge in [0.25, 0.3) is 0 Å². The highest BCUT2D eigenvalue weighted by atomic mass is 32.2. The minimum atomic E-state index is -3.92. The molecule has 0 N–H and O–H groups in total. The molecule has 0 aromatic rings. The Kier molecular flexibility index (Phi) is 17.8. The molecule has 0 aliphatic heterocycles. The van der Waals surface area contributed by atoms with Crippen molar-refractivity contribution in [3.8, 4) is 0 Å². The van der Waals surface area contributed by atoms with E-state index in [1.165, 1.54) is 64.2 Å². The maximum absolute atomic E-state index is 11.7. The Hall–Kier alpha value is -0.460.